The minimum absolute atomic E-state index is 0.502. The fourth-order valence-corrected chi connectivity index (χ4v) is 2.37. The van der Waals surface area contributed by atoms with Gasteiger partial charge in [-0.05, 0) is 26.7 Å². The van der Waals surface area contributed by atoms with Crippen molar-refractivity contribution in [1.82, 2.24) is 15.5 Å². The first-order chi connectivity index (χ1) is 8.70. The van der Waals surface area contributed by atoms with Crippen molar-refractivity contribution in [1.29, 1.82) is 0 Å². The summed E-state index contributed by atoms with van der Waals surface area (Å²) in [5.74, 6) is 0.935. The zero-order valence-electron chi connectivity index (χ0n) is 11.8. The van der Waals surface area contributed by atoms with Gasteiger partial charge in [-0.25, -0.2) is 0 Å². The number of nitrogens with one attached hydrogen (secondary N) is 2. The molecule has 0 aromatic rings. The van der Waals surface area contributed by atoms with Gasteiger partial charge >= 0.3 is 0 Å². The lowest BCUT2D eigenvalue weighted by molar-refractivity contribution is -0.0174. The Kier molecular flexibility index (Phi) is 4.83. The van der Waals surface area contributed by atoms with Crippen LogP contribution in [0.2, 0.25) is 0 Å². The topological polar surface area (TPSA) is 48.9 Å². The Morgan fingerprint density at radius 2 is 2.28 bits per heavy atom. The maximum atomic E-state index is 5.47. The van der Waals surface area contributed by atoms with Crippen molar-refractivity contribution in [2.45, 2.75) is 44.8 Å². The fraction of sp³-hybridized carbons (Fsp3) is 0.923. The second kappa shape index (κ2) is 6.38. The molecule has 1 heterocycles. The molecule has 5 heteroatoms. The third-order valence-corrected chi connectivity index (χ3v) is 3.69. The quantitative estimate of drug-likeness (QED) is 0.564. The van der Waals surface area contributed by atoms with E-state index in [0.717, 1.165) is 32.3 Å². The van der Waals surface area contributed by atoms with Crippen molar-refractivity contribution in [3.63, 3.8) is 0 Å². The van der Waals surface area contributed by atoms with Gasteiger partial charge in [0.1, 0.15) is 0 Å². The summed E-state index contributed by atoms with van der Waals surface area (Å²) in [4.78, 5) is 6.76. The lowest BCUT2D eigenvalue weighted by Crippen LogP contribution is -2.53. The molecule has 0 aromatic carbocycles. The number of aliphatic imine (C=N–C) groups is 1. The van der Waals surface area contributed by atoms with E-state index < -0.39 is 0 Å². The van der Waals surface area contributed by atoms with Crippen molar-refractivity contribution in [3.8, 4) is 0 Å². The minimum atomic E-state index is 0.502. The van der Waals surface area contributed by atoms with Crippen LogP contribution in [-0.2, 0) is 4.74 Å². The van der Waals surface area contributed by atoms with Crippen molar-refractivity contribution in [3.05, 3.63) is 0 Å². The van der Waals surface area contributed by atoms with Gasteiger partial charge in [0.05, 0.1) is 13.2 Å². The van der Waals surface area contributed by atoms with Gasteiger partial charge in [-0.2, -0.15) is 0 Å². The summed E-state index contributed by atoms with van der Waals surface area (Å²) < 4.78 is 5.47. The molecular weight excluding hydrogens is 228 g/mol. The van der Waals surface area contributed by atoms with Crippen LogP contribution in [-0.4, -0.2) is 62.3 Å². The van der Waals surface area contributed by atoms with Crippen LogP contribution in [0, 0.1) is 0 Å². The number of nitrogens with zero attached hydrogens (tertiary/aromatic N) is 2. The van der Waals surface area contributed by atoms with Gasteiger partial charge < -0.3 is 15.4 Å². The zero-order chi connectivity index (χ0) is 13.0. The summed E-state index contributed by atoms with van der Waals surface area (Å²) in [6.07, 6.45) is 2.55. The molecule has 0 aromatic heterocycles. The summed E-state index contributed by atoms with van der Waals surface area (Å²) in [7, 11) is 1.83. The van der Waals surface area contributed by atoms with E-state index in [4.69, 9.17) is 4.74 Å². The van der Waals surface area contributed by atoms with E-state index in [0.29, 0.717) is 18.1 Å². The number of hydrogen-bond donors (Lipinski definition) is 2. The van der Waals surface area contributed by atoms with Gasteiger partial charge in [0, 0.05) is 38.3 Å². The molecule has 2 atom stereocenters. The van der Waals surface area contributed by atoms with Crippen molar-refractivity contribution >= 4 is 5.96 Å². The molecule has 1 saturated heterocycles. The SMILES string of the molecule is CN=C(NCC(C)N1CCOCC1C)NC1CC1. The van der Waals surface area contributed by atoms with Crippen molar-refractivity contribution in [2.75, 3.05) is 33.4 Å². The molecule has 2 N–H and O–H groups in total. The highest BCUT2D eigenvalue weighted by Gasteiger charge is 2.25. The Morgan fingerprint density at radius 1 is 1.50 bits per heavy atom. The number of morpholine rings is 1. The van der Waals surface area contributed by atoms with Gasteiger partial charge in [0.15, 0.2) is 5.96 Å². The summed E-state index contributed by atoms with van der Waals surface area (Å²) in [5.41, 5.74) is 0. The molecule has 0 bridgehead atoms. The molecular formula is C13H26N4O. The normalized spacial score (nSPS) is 27.9. The number of guanidine groups is 1. The van der Waals surface area contributed by atoms with E-state index in [9.17, 15) is 0 Å². The molecule has 18 heavy (non-hydrogen) atoms. The Bertz CT molecular complexity index is 291. The molecule has 0 spiro atoms. The average molecular weight is 254 g/mol. The molecule has 2 fully saturated rings. The van der Waals surface area contributed by atoms with E-state index in [1.165, 1.54) is 12.8 Å². The summed E-state index contributed by atoms with van der Waals surface area (Å²) in [5, 5.41) is 6.82. The first-order valence-corrected chi connectivity index (χ1v) is 7.01. The molecule has 2 rings (SSSR count). The van der Waals surface area contributed by atoms with Gasteiger partial charge in [0.25, 0.3) is 0 Å². The smallest absolute Gasteiger partial charge is 0.191 e. The van der Waals surface area contributed by atoms with Crippen molar-refractivity contribution in [2.24, 2.45) is 4.99 Å². The third kappa shape index (κ3) is 3.85. The number of rotatable bonds is 4. The van der Waals surface area contributed by atoms with Gasteiger partial charge in [-0.1, -0.05) is 0 Å². The van der Waals surface area contributed by atoms with Crippen LogP contribution in [0.3, 0.4) is 0 Å². The number of ether oxygens (including phenoxy) is 1. The monoisotopic (exact) mass is 254 g/mol. The molecule has 104 valence electrons. The summed E-state index contributed by atoms with van der Waals surface area (Å²) >= 11 is 0. The van der Waals surface area contributed by atoms with Crippen LogP contribution < -0.4 is 10.6 Å². The highest BCUT2D eigenvalue weighted by molar-refractivity contribution is 5.80. The third-order valence-electron chi connectivity index (χ3n) is 3.69. The van der Waals surface area contributed by atoms with Gasteiger partial charge in [-0.15, -0.1) is 0 Å². The maximum absolute atomic E-state index is 5.47. The Morgan fingerprint density at radius 3 is 2.89 bits per heavy atom. The average Bonchev–Trinajstić information content (AvgIpc) is 3.18. The molecule has 0 radical (unpaired) electrons. The van der Waals surface area contributed by atoms with E-state index in [1.54, 1.807) is 0 Å². The highest BCUT2D eigenvalue weighted by Crippen LogP contribution is 2.18. The Hall–Kier alpha value is -0.810. The molecule has 0 amide bonds. The second-order valence-electron chi connectivity index (χ2n) is 5.38. The van der Waals surface area contributed by atoms with Crippen molar-refractivity contribution < 1.29 is 4.74 Å². The predicted molar refractivity (Wildman–Crippen MR) is 74.0 cm³/mol. The van der Waals surface area contributed by atoms with Crippen LogP contribution in [0.15, 0.2) is 4.99 Å². The number of hydrogen-bond acceptors (Lipinski definition) is 3. The van der Waals surface area contributed by atoms with Crippen LogP contribution >= 0.6 is 0 Å². The second-order valence-corrected chi connectivity index (χ2v) is 5.38. The summed E-state index contributed by atoms with van der Waals surface area (Å²) in [6, 6.07) is 1.66. The standard InChI is InChI=1S/C13H26N4O/c1-10(17-6-7-18-9-11(17)2)8-15-13(14-3)16-12-4-5-12/h10-12H,4-9H2,1-3H3,(H2,14,15,16). The van der Waals surface area contributed by atoms with E-state index in [1.807, 2.05) is 7.05 Å². The molecule has 2 aliphatic rings. The van der Waals surface area contributed by atoms with Crippen LogP contribution in [0.1, 0.15) is 26.7 Å². The van der Waals surface area contributed by atoms with Crippen LogP contribution in [0.25, 0.3) is 0 Å². The first-order valence-electron chi connectivity index (χ1n) is 7.01. The van der Waals surface area contributed by atoms with Crippen LogP contribution in [0.5, 0.6) is 0 Å². The Labute approximate surface area is 110 Å². The molecule has 1 saturated carbocycles. The van der Waals surface area contributed by atoms with E-state index in [2.05, 4.69) is 34.4 Å². The minimum Gasteiger partial charge on any atom is -0.379 e. The molecule has 5 nitrogen and oxygen atoms in total. The van der Waals surface area contributed by atoms with E-state index >= 15 is 0 Å². The highest BCUT2D eigenvalue weighted by atomic mass is 16.5. The summed E-state index contributed by atoms with van der Waals surface area (Å²) in [6.45, 7) is 8.14. The zero-order valence-corrected chi connectivity index (χ0v) is 11.8. The lowest BCUT2D eigenvalue weighted by Gasteiger charge is -2.38. The van der Waals surface area contributed by atoms with E-state index in [-0.39, 0.29) is 0 Å². The first kappa shape index (κ1) is 13.6. The lowest BCUT2D eigenvalue weighted by atomic mass is 10.2. The largest absolute Gasteiger partial charge is 0.379 e. The molecule has 1 aliphatic heterocycles. The predicted octanol–water partition coefficient (Wildman–Crippen LogP) is 0.423. The van der Waals surface area contributed by atoms with Gasteiger partial charge in [-0.3, -0.25) is 9.89 Å². The molecule has 2 unspecified atom stereocenters. The fourth-order valence-electron chi connectivity index (χ4n) is 2.37. The van der Waals surface area contributed by atoms with Crippen LogP contribution in [0.4, 0.5) is 0 Å². The Balaban J connectivity index is 1.73. The molecule has 1 aliphatic carbocycles. The maximum Gasteiger partial charge on any atom is 0.191 e. The van der Waals surface area contributed by atoms with Gasteiger partial charge in [0.2, 0.25) is 0 Å².